The van der Waals surface area contributed by atoms with Crippen LogP contribution in [0.3, 0.4) is 0 Å². The van der Waals surface area contributed by atoms with Gasteiger partial charge in [-0.05, 0) is 81.4 Å². The molecule has 4 rings (SSSR count). The van der Waals surface area contributed by atoms with Crippen LogP contribution in [0.25, 0.3) is 0 Å². The van der Waals surface area contributed by atoms with Crippen molar-refractivity contribution >= 4 is 0 Å². The largest absolute Gasteiger partial charge is 0.504 e. The van der Waals surface area contributed by atoms with Gasteiger partial charge in [-0.15, -0.1) is 0 Å². The number of hydrogen-bond acceptors (Lipinski definition) is 6. The lowest BCUT2D eigenvalue weighted by Crippen LogP contribution is -2.58. The third-order valence-corrected chi connectivity index (χ3v) is 7.83. The van der Waals surface area contributed by atoms with Crippen LogP contribution < -0.4 is 4.74 Å². The van der Waals surface area contributed by atoms with Crippen LogP contribution in [0.1, 0.15) is 93.9 Å². The second-order valence-electron chi connectivity index (χ2n) is 10.5. The Morgan fingerprint density at radius 2 is 1.66 bits per heavy atom. The molecule has 0 unspecified atom stereocenters. The number of rotatable bonds is 3. The van der Waals surface area contributed by atoms with E-state index in [-0.39, 0.29) is 17.6 Å². The van der Waals surface area contributed by atoms with Gasteiger partial charge < -0.3 is 29.9 Å². The Bertz CT molecular complexity index is 904. The number of phenols is 1. The van der Waals surface area contributed by atoms with Crippen molar-refractivity contribution in [2.75, 3.05) is 0 Å². The number of ether oxygens (including phenoxy) is 2. The van der Waals surface area contributed by atoms with Gasteiger partial charge >= 0.3 is 0 Å². The molecule has 1 aliphatic heterocycles. The third kappa shape index (κ3) is 3.75. The van der Waals surface area contributed by atoms with Crippen molar-refractivity contribution in [1.82, 2.24) is 0 Å². The van der Waals surface area contributed by atoms with Gasteiger partial charge in [-0.3, -0.25) is 0 Å². The highest BCUT2D eigenvalue weighted by Gasteiger charge is 2.46. The number of aromatic hydroxyl groups is 1. The number of aliphatic hydroxyl groups is 3. The van der Waals surface area contributed by atoms with Crippen LogP contribution in [0, 0.1) is 12.8 Å². The molecule has 1 aromatic rings. The summed E-state index contributed by atoms with van der Waals surface area (Å²) in [5.74, 6) is 1.79. The van der Waals surface area contributed by atoms with Crippen molar-refractivity contribution < 1.29 is 29.9 Å². The molecular weight excluding hydrogens is 408 g/mol. The smallest absolute Gasteiger partial charge is 0.229 e. The van der Waals surface area contributed by atoms with E-state index in [0.717, 1.165) is 30.4 Å². The second-order valence-corrected chi connectivity index (χ2v) is 10.5. The van der Waals surface area contributed by atoms with E-state index in [9.17, 15) is 20.4 Å². The molecule has 0 amide bonds. The SMILES string of the molecule is CC(C)=C[C@H]1C[C@H](C)[C@H]2CC[C@@H](C)c3c(O[C@H]4O[C@H](C)[C@@H](O)[C@H](O)[C@@H]4O)c(O)c(C)c1c32. The predicted octanol–water partition coefficient (Wildman–Crippen LogP) is 3.98. The van der Waals surface area contributed by atoms with E-state index in [0.29, 0.717) is 17.6 Å². The molecule has 1 heterocycles. The minimum absolute atomic E-state index is 0.0806. The normalized spacial score (nSPS) is 38.7. The first-order valence-corrected chi connectivity index (χ1v) is 11.9. The number of aliphatic hydroxyl groups excluding tert-OH is 3. The standard InChI is InChI=1S/C26H38O6/c1-11(2)9-16-10-13(4)17-8-7-12(3)18-20(17)19(16)14(5)21(27)25(18)32-26-24(30)23(29)22(28)15(6)31-26/h9,12-13,15-17,22-24,26-30H,7-8,10H2,1-6H3/t12-,13+,15-,16+,17-,22-,23+,24+,26-/m1/s1. The quantitative estimate of drug-likeness (QED) is 0.524. The van der Waals surface area contributed by atoms with Gasteiger partial charge in [0.15, 0.2) is 11.5 Å². The molecule has 0 aromatic heterocycles. The van der Waals surface area contributed by atoms with E-state index < -0.39 is 30.7 Å². The summed E-state index contributed by atoms with van der Waals surface area (Å²) in [4.78, 5) is 0. The Morgan fingerprint density at radius 1 is 0.969 bits per heavy atom. The molecular formula is C26H38O6. The third-order valence-electron chi connectivity index (χ3n) is 7.83. The Balaban J connectivity index is 1.86. The van der Waals surface area contributed by atoms with Gasteiger partial charge in [0.2, 0.25) is 6.29 Å². The molecule has 0 radical (unpaired) electrons. The first-order valence-electron chi connectivity index (χ1n) is 11.9. The van der Waals surface area contributed by atoms with Crippen LogP contribution in [0.2, 0.25) is 0 Å². The fraction of sp³-hybridized carbons (Fsp3) is 0.692. The average molecular weight is 447 g/mol. The molecule has 4 N–H and O–H groups in total. The number of phenolic OH excluding ortho intramolecular Hbond substituents is 1. The van der Waals surface area contributed by atoms with Crippen LogP contribution in [0.5, 0.6) is 11.5 Å². The summed E-state index contributed by atoms with van der Waals surface area (Å²) in [6, 6.07) is 0. The molecule has 178 valence electrons. The van der Waals surface area contributed by atoms with Crippen LogP contribution in [0.4, 0.5) is 0 Å². The van der Waals surface area contributed by atoms with Crippen molar-refractivity contribution in [1.29, 1.82) is 0 Å². The summed E-state index contributed by atoms with van der Waals surface area (Å²) in [6.45, 7) is 12.3. The van der Waals surface area contributed by atoms with Crippen LogP contribution in [-0.4, -0.2) is 51.1 Å². The van der Waals surface area contributed by atoms with E-state index in [2.05, 4.69) is 33.8 Å². The molecule has 2 aliphatic carbocycles. The minimum atomic E-state index is -1.42. The molecule has 3 aliphatic rings. The van der Waals surface area contributed by atoms with E-state index >= 15 is 0 Å². The molecule has 6 heteroatoms. The highest BCUT2D eigenvalue weighted by molar-refractivity contribution is 5.64. The van der Waals surface area contributed by atoms with Crippen molar-refractivity contribution in [2.24, 2.45) is 5.92 Å². The molecule has 1 saturated heterocycles. The molecule has 0 bridgehead atoms. The Labute approximate surface area is 190 Å². The number of benzene rings is 1. The maximum Gasteiger partial charge on any atom is 0.229 e. The second kappa shape index (κ2) is 8.64. The molecule has 0 spiro atoms. The fourth-order valence-electron chi connectivity index (χ4n) is 6.13. The summed E-state index contributed by atoms with van der Waals surface area (Å²) in [5, 5.41) is 42.1. The van der Waals surface area contributed by atoms with Gasteiger partial charge in [-0.2, -0.15) is 0 Å². The molecule has 0 saturated carbocycles. The lowest BCUT2D eigenvalue weighted by Gasteiger charge is -2.44. The highest BCUT2D eigenvalue weighted by Crippen LogP contribution is 2.58. The zero-order valence-electron chi connectivity index (χ0n) is 20.0. The molecule has 1 aromatic carbocycles. The molecule has 9 atom stereocenters. The first kappa shape index (κ1) is 23.6. The molecule has 1 fully saturated rings. The molecule has 6 nitrogen and oxygen atoms in total. The zero-order valence-corrected chi connectivity index (χ0v) is 20.0. The summed E-state index contributed by atoms with van der Waals surface area (Å²) < 4.78 is 11.8. The fourth-order valence-corrected chi connectivity index (χ4v) is 6.13. The number of hydrogen-bond donors (Lipinski definition) is 4. The first-order chi connectivity index (χ1) is 15.0. The average Bonchev–Trinajstić information content (AvgIpc) is 2.72. The molecule has 32 heavy (non-hydrogen) atoms. The van der Waals surface area contributed by atoms with E-state index in [1.807, 2.05) is 6.92 Å². The van der Waals surface area contributed by atoms with Gasteiger partial charge in [0, 0.05) is 11.5 Å². The van der Waals surface area contributed by atoms with Gasteiger partial charge in [0.1, 0.15) is 18.3 Å². The Morgan fingerprint density at radius 3 is 2.31 bits per heavy atom. The number of allylic oxidation sites excluding steroid dienone is 2. The minimum Gasteiger partial charge on any atom is -0.504 e. The van der Waals surface area contributed by atoms with Crippen LogP contribution in [0.15, 0.2) is 11.6 Å². The van der Waals surface area contributed by atoms with Crippen molar-refractivity contribution in [3.8, 4) is 11.5 Å². The van der Waals surface area contributed by atoms with Crippen LogP contribution >= 0.6 is 0 Å². The maximum atomic E-state index is 11.3. The lowest BCUT2D eigenvalue weighted by atomic mass is 9.62. The summed E-state index contributed by atoms with van der Waals surface area (Å²) in [5.41, 5.74) is 5.58. The van der Waals surface area contributed by atoms with Crippen molar-refractivity contribution in [2.45, 2.75) is 109 Å². The lowest BCUT2D eigenvalue weighted by molar-refractivity contribution is -0.268. The Kier molecular flexibility index (Phi) is 6.36. The monoisotopic (exact) mass is 446 g/mol. The van der Waals surface area contributed by atoms with E-state index in [1.165, 1.54) is 16.7 Å². The van der Waals surface area contributed by atoms with Crippen molar-refractivity contribution in [3.63, 3.8) is 0 Å². The van der Waals surface area contributed by atoms with Crippen molar-refractivity contribution in [3.05, 3.63) is 33.9 Å². The van der Waals surface area contributed by atoms with Crippen LogP contribution in [-0.2, 0) is 4.74 Å². The maximum absolute atomic E-state index is 11.3. The van der Waals surface area contributed by atoms with Gasteiger partial charge in [0.25, 0.3) is 0 Å². The van der Waals surface area contributed by atoms with E-state index in [4.69, 9.17) is 9.47 Å². The zero-order chi connectivity index (χ0) is 23.5. The predicted molar refractivity (Wildman–Crippen MR) is 122 cm³/mol. The summed E-state index contributed by atoms with van der Waals surface area (Å²) >= 11 is 0. The summed E-state index contributed by atoms with van der Waals surface area (Å²) in [7, 11) is 0. The summed E-state index contributed by atoms with van der Waals surface area (Å²) in [6.07, 6.45) is -0.406. The topological polar surface area (TPSA) is 99.4 Å². The highest BCUT2D eigenvalue weighted by atomic mass is 16.7. The van der Waals surface area contributed by atoms with Gasteiger partial charge in [-0.25, -0.2) is 0 Å². The van der Waals surface area contributed by atoms with Gasteiger partial charge in [-0.1, -0.05) is 25.5 Å². The van der Waals surface area contributed by atoms with Gasteiger partial charge in [0.05, 0.1) is 6.10 Å². The van der Waals surface area contributed by atoms with E-state index in [1.54, 1.807) is 6.92 Å². The Hall–Kier alpha value is -1.60.